The van der Waals surface area contributed by atoms with Gasteiger partial charge in [0, 0.05) is 12.3 Å². The van der Waals surface area contributed by atoms with E-state index < -0.39 is 155 Å². The van der Waals surface area contributed by atoms with Crippen molar-refractivity contribution in [3.8, 4) is 0 Å². The van der Waals surface area contributed by atoms with Crippen LogP contribution in [0.1, 0.15) is 92.4 Å². The minimum absolute atomic E-state index is 0.0705. The van der Waals surface area contributed by atoms with Crippen molar-refractivity contribution >= 4 is 0 Å². The van der Waals surface area contributed by atoms with Gasteiger partial charge in [-0.3, -0.25) is 0 Å². The largest absolute Gasteiger partial charge is 0.394 e. The summed E-state index contributed by atoms with van der Waals surface area (Å²) >= 11 is 0. The van der Waals surface area contributed by atoms with Crippen molar-refractivity contribution in [2.75, 3.05) is 26.4 Å². The van der Waals surface area contributed by atoms with Gasteiger partial charge in [0.2, 0.25) is 0 Å². The predicted octanol–water partition coefficient (Wildman–Crippen LogP) is -3.01. The van der Waals surface area contributed by atoms with Gasteiger partial charge in [-0.1, -0.05) is 39.3 Å². The molecule has 23 heteroatoms. The summed E-state index contributed by atoms with van der Waals surface area (Å²) in [5.41, 5.74) is 1.02. The smallest absolute Gasteiger partial charge is 0.187 e. The average molecular weight is 1070 g/mol. The lowest BCUT2D eigenvalue weighted by molar-refractivity contribution is -0.389. The molecule has 23 nitrogen and oxygen atoms in total. The van der Waals surface area contributed by atoms with Gasteiger partial charge in [0.25, 0.3) is 0 Å². The lowest BCUT2D eigenvalue weighted by Crippen LogP contribution is -2.67. The SMILES string of the molecule is CC(CCC1(O)OC2CC3C4CC=C5CC(OC6OC(CO)C(OC7OC(CO)C(O)C(O)C7O)C(O)C6OC6OC(C)C(O)C(O)C6O)CCC5(C)C4CCC3(C)C2C1C)COC1OC(CO)C(O)C(O)C1O. The first-order valence-corrected chi connectivity index (χ1v) is 26.9. The minimum atomic E-state index is -1.85. The zero-order valence-electron chi connectivity index (χ0n) is 42.9. The molecule has 426 valence electrons. The Labute approximate surface area is 430 Å². The maximum absolute atomic E-state index is 12.1. The maximum Gasteiger partial charge on any atom is 0.187 e. The normalized spacial score (nSPS) is 54.9. The molecule has 3 saturated carbocycles. The molecule has 0 radical (unpaired) electrons. The van der Waals surface area contributed by atoms with Gasteiger partial charge in [0.15, 0.2) is 30.9 Å². The fraction of sp³-hybridized carbons (Fsp3) is 0.961. The van der Waals surface area contributed by atoms with E-state index in [2.05, 4.69) is 26.8 Å². The Balaban J connectivity index is 0.849. The summed E-state index contributed by atoms with van der Waals surface area (Å²) in [6, 6.07) is 0. The van der Waals surface area contributed by atoms with Crippen molar-refractivity contribution in [2.24, 2.45) is 46.3 Å². The number of fused-ring (bicyclic) bond motifs is 7. The van der Waals surface area contributed by atoms with E-state index in [9.17, 15) is 71.5 Å². The summed E-state index contributed by atoms with van der Waals surface area (Å²) in [5.74, 6) is -0.310. The molecule has 0 spiro atoms. The molecule has 9 rings (SSSR count). The summed E-state index contributed by atoms with van der Waals surface area (Å²) in [6.07, 6.45) is -22.1. The van der Waals surface area contributed by atoms with Crippen LogP contribution in [0.5, 0.6) is 0 Å². The lowest BCUT2D eigenvalue weighted by Gasteiger charge is -2.58. The van der Waals surface area contributed by atoms with Crippen LogP contribution in [-0.4, -0.2) is 239 Å². The fourth-order valence-corrected chi connectivity index (χ4v) is 15.0. The molecule has 5 aliphatic heterocycles. The predicted molar refractivity (Wildman–Crippen MR) is 250 cm³/mol. The third kappa shape index (κ3) is 10.2. The molecule has 4 aliphatic carbocycles. The van der Waals surface area contributed by atoms with E-state index in [0.717, 1.165) is 32.1 Å². The molecule has 0 aromatic rings. The highest BCUT2D eigenvalue weighted by Gasteiger charge is 2.68. The van der Waals surface area contributed by atoms with E-state index in [-0.39, 0.29) is 41.3 Å². The fourth-order valence-electron chi connectivity index (χ4n) is 15.0. The van der Waals surface area contributed by atoms with Gasteiger partial charge in [-0.25, -0.2) is 0 Å². The highest BCUT2D eigenvalue weighted by molar-refractivity contribution is 5.26. The summed E-state index contributed by atoms with van der Waals surface area (Å²) < 4.78 is 54.4. The van der Waals surface area contributed by atoms with Crippen LogP contribution in [0.25, 0.3) is 0 Å². The topological polar surface area (TPSA) is 366 Å². The molecule has 31 unspecified atom stereocenters. The molecule has 9 aliphatic rings. The summed E-state index contributed by atoms with van der Waals surface area (Å²) in [4.78, 5) is 0. The van der Waals surface area contributed by atoms with Crippen LogP contribution in [0.4, 0.5) is 0 Å². The zero-order valence-corrected chi connectivity index (χ0v) is 42.9. The summed E-state index contributed by atoms with van der Waals surface area (Å²) in [6.45, 7) is 8.35. The second-order valence-electron chi connectivity index (χ2n) is 23.8. The molecule has 0 aromatic carbocycles. The van der Waals surface area contributed by atoms with Gasteiger partial charge >= 0.3 is 0 Å². The Hall–Kier alpha value is -1.18. The summed E-state index contributed by atoms with van der Waals surface area (Å²) in [7, 11) is 0. The van der Waals surface area contributed by atoms with Crippen LogP contribution < -0.4 is 0 Å². The highest BCUT2D eigenvalue weighted by Crippen LogP contribution is 2.70. The Morgan fingerprint density at radius 2 is 1.22 bits per heavy atom. The van der Waals surface area contributed by atoms with Crippen molar-refractivity contribution in [1.29, 1.82) is 0 Å². The third-order valence-electron chi connectivity index (χ3n) is 19.5. The number of ether oxygens (including phenoxy) is 9. The van der Waals surface area contributed by atoms with Crippen LogP contribution >= 0.6 is 0 Å². The van der Waals surface area contributed by atoms with E-state index in [1.54, 1.807) is 0 Å². The third-order valence-corrected chi connectivity index (χ3v) is 19.5. The maximum atomic E-state index is 12.1. The molecule has 14 N–H and O–H groups in total. The quantitative estimate of drug-likeness (QED) is 0.0727. The monoisotopic (exact) mass is 1060 g/mol. The van der Waals surface area contributed by atoms with Gasteiger partial charge in [0.1, 0.15) is 91.6 Å². The molecule has 74 heavy (non-hydrogen) atoms. The van der Waals surface area contributed by atoms with Crippen LogP contribution in [0.15, 0.2) is 11.6 Å². The molecule has 5 saturated heterocycles. The van der Waals surface area contributed by atoms with E-state index in [1.165, 1.54) is 12.5 Å². The number of rotatable bonds is 15. The number of allylic oxidation sites excluding steroid dienone is 1. The van der Waals surface area contributed by atoms with Crippen molar-refractivity contribution in [1.82, 2.24) is 0 Å². The first-order valence-electron chi connectivity index (χ1n) is 26.9. The Morgan fingerprint density at radius 3 is 1.86 bits per heavy atom. The Kier molecular flexibility index (Phi) is 17.4. The molecule has 0 amide bonds. The second-order valence-corrected chi connectivity index (χ2v) is 23.8. The highest BCUT2D eigenvalue weighted by atomic mass is 16.8. The van der Waals surface area contributed by atoms with Crippen molar-refractivity contribution < 1.29 is 114 Å². The zero-order chi connectivity index (χ0) is 53.5. The van der Waals surface area contributed by atoms with Gasteiger partial charge < -0.3 is 114 Å². The van der Waals surface area contributed by atoms with Crippen LogP contribution in [0, 0.1) is 46.3 Å². The van der Waals surface area contributed by atoms with Crippen LogP contribution in [-0.2, 0) is 42.6 Å². The van der Waals surface area contributed by atoms with Gasteiger partial charge in [-0.05, 0) is 98.7 Å². The van der Waals surface area contributed by atoms with Crippen molar-refractivity contribution in [3.05, 3.63) is 11.6 Å². The van der Waals surface area contributed by atoms with Gasteiger partial charge in [-0.2, -0.15) is 0 Å². The van der Waals surface area contributed by atoms with E-state index in [4.69, 9.17) is 42.6 Å². The Bertz CT molecular complexity index is 1920. The van der Waals surface area contributed by atoms with Crippen LogP contribution in [0.2, 0.25) is 0 Å². The molecular weight excluding hydrogens is 981 g/mol. The van der Waals surface area contributed by atoms with Gasteiger partial charge in [0.05, 0.1) is 44.7 Å². The number of aliphatic hydroxyl groups is 14. The molecule has 31 atom stereocenters. The van der Waals surface area contributed by atoms with E-state index >= 15 is 0 Å². The summed E-state index contributed by atoms with van der Waals surface area (Å²) in [5, 5.41) is 148. The molecule has 5 heterocycles. The number of hydrogen-bond donors (Lipinski definition) is 14. The molecule has 8 fully saturated rings. The minimum Gasteiger partial charge on any atom is -0.394 e. The first-order chi connectivity index (χ1) is 35.0. The number of aliphatic hydroxyl groups excluding tert-OH is 13. The van der Waals surface area contributed by atoms with Crippen molar-refractivity contribution in [2.45, 2.75) is 233 Å². The van der Waals surface area contributed by atoms with E-state index in [0.29, 0.717) is 43.4 Å². The molecular formula is C51H84O23. The van der Waals surface area contributed by atoms with E-state index in [1.807, 2.05) is 6.92 Å². The van der Waals surface area contributed by atoms with Crippen molar-refractivity contribution in [3.63, 3.8) is 0 Å². The average Bonchev–Trinajstić information content (AvgIpc) is 3.82. The molecule has 0 aromatic heterocycles. The van der Waals surface area contributed by atoms with Gasteiger partial charge in [-0.15, -0.1) is 0 Å². The molecule has 0 bridgehead atoms. The Morgan fingerprint density at radius 1 is 0.635 bits per heavy atom. The lowest BCUT2D eigenvalue weighted by atomic mass is 9.47. The second kappa shape index (κ2) is 22.4. The van der Waals surface area contributed by atoms with Crippen LogP contribution in [0.3, 0.4) is 0 Å². The number of hydrogen-bond acceptors (Lipinski definition) is 23. The first kappa shape index (κ1) is 57.5. The standard InChI is InChI=1S/C51H84O23/c1-20(19-66-45-39(61)37(59)34(56)29(16-52)69-45)8-13-51(65)21(2)32-28(74-51)15-27-25-7-6-23-14-24(9-11-49(23,4)26(25)10-12-50(27,32)5)68-48-44(73-46-40(62)36(58)33(55)22(3)67-46)42(64)43(31(18-54)71-48)72-47-41(63)38(60)35(57)30(17-53)70-47/h6,20-22,24-48,52-65H,7-19H2,1-5H3.